The van der Waals surface area contributed by atoms with Crippen LogP contribution in [0.25, 0.3) is 0 Å². The van der Waals surface area contributed by atoms with E-state index < -0.39 is 22.1 Å². The van der Waals surface area contributed by atoms with Crippen molar-refractivity contribution in [2.24, 2.45) is 0 Å². The van der Waals surface area contributed by atoms with Gasteiger partial charge in [0.25, 0.3) is 5.69 Å². The fourth-order valence-corrected chi connectivity index (χ4v) is 0.927. The molecule has 0 bridgehead atoms. The summed E-state index contributed by atoms with van der Waals surface area (Å²) in [5.41, 5.74) is 4.09. The number of nitrogen functional groups attached to an aromatic ring is 1. The molecule has 2 N–H and O–H groups in total. The van der Waals surface area contributed by atoms with Crippen molar-refractivity contribution in [1.29, 1.82) is 5.26 Å². The summed E-state index contributed by atoms with van der Waals surface area (Å²) in [4.78, 5) is 9.64. The highest BCUT2D eigenvalue weighted by Gasteiger charge is 2.16. The standard InChI is InChI=1S/C9H4FN3O2/c10-7-4-6(2-1-3-11)5-8(9(7)12)13(14)15/h4-5H,12H2. The molecule has 0 saturated heterocycles. The van der Waals surface area contributed by atoms with Crippen molar-refractivity contribution in [2.75, 3.05) is 5.73 Å². The van der Waals surface area contributed by atoms with Gasteiger partial charge in [0.2, 0.25) is 0 Å². The zero-order valence-corrected chi connectivity index (χ0v) is 7.32. The third kappa shape index (κ3) is 2.20. The summed E-state index contributed by atoms with van der Waals surface area (Å²) in [5.74, 6) is 3.32. The minimum absolute atomic E-state index is 0.0370. The van der Waals surface area contributed by atoms with Crippen LogP contribution in [0.4, 0.5) is 15.8 Å². The minimum atomic E-state index is -0.925. The number of rotatable bonds is 1. The lowest BCUT2D eigenvalue weighted by Crippen LogP contribution is -1.99. The minimum Gasteiger partial charge on any atom is -0.391 e. The lowest BCUT2D eigenvalue weighted by Gasteiger charge is -1.99. The van der Waals surface area contributed by atoms with Gasteiger partial charge in [-0.25, -0.2) is 4.39 Å². The van der Waals surface area contributed by atoms with E-state index in [2.05, 4.69) is 5.92 Å². The van der Waals surface area contributed by atoms with Gasteiger partial charge >= 0.3 is 0 Å². The normalized spacial score (nSPS) is 8.53. The molecule has 0 heterocycles. The summed E-state index contributed by atoms with van der Waals surface area (Å²) in [6, 6.07) is 3.47. The topological polar surface area (TPSA) is 93.0 Å². The first-order valence-electron chi connectivity index (χ1n) is 3.69. The Morgan fingerprint density at radius 2 is 2.20 bits per heavy atom. The highest BCUT2D eigenvalue weighted by Crippen LogP contribution is 2.25. The SMILES string of the molecule is N#CC#Cc1cc(F)c(N)c([N+](=O)[O-])c1. The molecular formula is C9H4FN3O2. The number of nitro groups is 1. The van der Waals surface area contributed by atoms with Crippen LogP contribution in [0, 0.1) is 39.1 Å². The average Bonchev–Trinajstić information content (AvgIpc) is 2.19. The van der Waals surface area contributed by atoms with E-state index in [9.17, 15) is 14.5 Å². The van der Waals surface area contributed by atoms with E-state index in [0.29, 0.717) is 0 Å². The Bertz CT molecular complexity index is 523. The maximum atomic E-state index is 13.0. The van der Waals surface area contributed by atoms with Crippen LogP contribution in [0.5, 0.6) is 0 Å². The molecule has 5 nitrogen and oxygen atoms in total. The van der Waals surface area contributed by atoms with E-state index in [4.69, 9.17) is 11.0 Å². The molecule has 1 rings (SSSR count). The van der Waals surface area contributed by atoms with Crippen molar-refractivity contribution in [1.82, 2.24) is 0 Å². The molecule has 6 heteroatoms. The van der Waals surface area contributed by atoms with Crippen molar-refractivity contribution >= 4 is 11.4 Å². The van der Waals surface area contributed by atoms with Crippen LogP contribution < -0.4 is 5.73 Å². The Balaban J connectivity index is 3.37. The maximum Gasteiger partial charge on any atom is 0.296 e. The molecule has 0 fully saturated rings. The van der Waals surface area contributed by atoms with Gasteiger partial charge in [0.05, 0.1) is 4.92 Å². The number of nitriles is 1. The second kappa shape index (κ2) is 4.07. The first kappa shape index (κ1) is 10.5. The molecule has 1 aromatic rings. The zero-order chi connectivity index (χ0) is 11.4. The van der Waals surface area contributed by atoms with Gasteiger partial charge in [-0.15, -0.1) is 0 Å². The summed E-state index contributed by atoms with van der Waals surface area (Å²) >= 11 is 0. The van der Waals surface area contributed by atoms with E-state index in [1.807, 2.05) is 5.92 Å². The van der Waals surface area contributed by atoms with Gasteiger partial charge in [-0.2, -0.15) is 5.26 Å². The molecule has 0 amide bonds. The predicted octanol–water partition coefficient (Wildman–Crippen LogP) is 1.19. The molecule has 0 aliphatic heterocycles. The van der Waals surface area contributed by atoms with Crippen molar-refractivity contribution < 1.29 is 9.31 Å². The second-order valence-electron chi connectivity index (χ2n) is 2.51. The molecule has 0 unspecified atom stereocenters. The van der Waals surface area contributed by atoms with Gasteiger partial charge < -0.3 is 5.73 Å². The lowest BCUT2D eigenvalue weighted by atomic mass is 10.1. The monoisotopic (exact) mass is 205 g/mol. The second-order valence-corrected chi connectivity index (χ2v) is 2.51. The summed E-state index contributed by atoms with van der Waals surface area (Å²) in [6.07, 6.45) is 0. The fraction of sp³-hybridized carbons (Fsp3) is 0. The quantitative estimate of drug-likeness (QED) is 0.322. The predicted molar refractivity (Wildman–Crippen MR) is 50.0 cm³/mol. The molecule has 74 valence electrons. The number of nitrogens with zero attached hydrogens (tertiary/aromatic N) is 2. The van der Waals surface area contributed by atoms with Crippen molar-refractivity contribution in [3.8, 4) is 17.9 Å². The van der Waals surface area contributed by atoms with Gasteiger partial charge in [-0.05, 0) is 6.07 Å². The molecule has 0 saturated carbocycles. The third-order valence-electron chi connectivity index (χ3n) is 1.57. The van der Waals surface area contributed by atoms with Crippen LogP contribution in [-0.4, -0.2) is 4.92 Å². The number of nitro benzene ring substituents is 1. The van der Waals surface area contributed by atoms with Crippen molar-refractivity contribution in [3.63, 3.8) is 0 Å². The van der Waals surface area contributed by atoms with Gasteiger partial charge in [-0.1, -0.05) is 5.92 Å². The van der Waals surface area contributed by atoms with E-state index in [-0.39, 0.29) is 5.56 Å². The zero-order valence-electron chi connectivity index (χ0n) is 7.32. The molecule has 0 aromatic heterocycles. The maximum absolute atomic E-state index is 13.0. The Hall–Kier alpha value is -2.60. The first-order valence-corrected chi connectivity index (χ1v) is 3.69. The summed E-state index contributed by atoms with van der Waals surface area (Å²) in [7, 11) is 0. The van der Waals surface area contributed by atoms with Gasteiger partial charge in [-0.3, -0.25) is 10.1 Å². The smallest absolute Gasteiger partial charge is 0.296 e. The Morgan fingerprint density at radius 1 is 1.53 bits per heavy atom. The fourth-order valence-electron chi connectivity index (χ4n) is 0.927. The van der Waals surface area contributed by atoms with Crippen LogP contribution >= 0.6 is 0 Å². The van der Waals surface area contributed by atoms with E-state index in [0.717, 1.165) is 12.1 Å². The highest BCUT2D eigenvalue weighted by atomic mass is 19.1. The number of hydrogen-bond acceptors (Lipinski definition) is 4. The Morgan fingerprint density at radius 3 is 2.73 bits per heavy atom. The molecule has 15 heavy (non-hydrogen) atoms. The Labute approximate surface area is 84.1 Å². The highest BCUT2D eigenvalue weighted by molar-refractivity contribution is 5.62. The molecular weight excluding hydrogens is 201 g/mol. The summed E-state index contributed by atoms with van der Waals surface area (Å²) < 4.78 is 13.0. The number of nitrogens with two attached hydrogens (primary N) is 1. The van der Waals surface area contributed by atoms with E-state index in [1.165, 1.54) is 6.07 Å². The first-order chi connectivity index (χ1) is 7.06. The van der Waals surface area contributed by atoms with Crippen LogP contribution in [0.3, 0.4) is 0 Å². The van der Waals surface area contributed by atoms with Gasteiger partial charge in [0, 0.05) is 17.6 Å². The van der Waals surface area contributed by atoms with Crippen molar-refractivity contribution in [2.45, 2.75) is 0 Å². The molecule has 0 spiro atoms. The molecule has 0 atom stereocenters. The average molecular weight is 205 g/mol. The molecule has 0 aliphatic rings. The summed E-state index contributed by atoms with van der Waals surface area (Å²) in [6.45, 7) is 0. The lowest BCUT2D eigenvalue weighted by molar-refractivity contribution is -0.384. The molecule has 0 radical (unpaired) electrons. The van der Waals surface area contributed by atoms with E-state index in [1.54, 1.807) is 0 Å². The largest absolute Gasteiger partial charge is 0.391 e. The van der Waals surface area contributed by atoms with Gasteiger partial charge in [0.1, 0.15) is 5.69 Å². The number of hydrogen-bond donors (Lipinski definition) is 1. The summed E-state index contributed by atoms with van der Waals surface area (Å²) in [5, 5.41) is 18.6. The number of anilines is 1. The molecule has 0 aliphatic carbocycles. The number of benzene rings is 1. The van der Waals surface area contributed by atoms with E-state index >= 15 is 0 Å². The number of halogens is 1. The van der Waals surface area contributed by atoms with Crippen LogP contribution in [-0.2, 0) is 0 Å². The van der Waals surface area contributed by atoms with Gasteiger partial charge in [0.15, 0.2) is 11.9 Å². The van der Waals surface area contributed by atoms with Crippen LogP contribution in [0.15, 0.2) is 12.1 Å². The Kier molecular flexibility index (Phi) is 2.85. The van der Waals surface area contributed by atoms with Crippen LogP contribution in [0.1, 0.15) is 5.56 Å². The van der Waals surface area contributed by atoms with Crippen molar-refractivity contribution in [3.05, 3.63) is 33.6 Å². The third-order valence-corrected chi connectivity index (χ3v) is 1.57. The molecule has 1 aromatic carbocycles. The van der Waals surface area contributed by atoms with Crippen LogP contribution in [0.2, 0.25) is 0 Å².